The summed E-state index contributed by atoms with van der Waals surface area (Å²) in [5.74, 6) is -5.72. The van der Waals surface area contributed by atoms with Gasteiger partial charge in [0.25, 0.3) is 0 Å². The molecule has 252 valence electrons. The number of carboxylic acid groups (broad SMARTS) is 1. The molecule has 0 unspecified atom stereocenters. The Kier molecular flexibility index (Phi) is 15.4. The maximum absolute atomic E-state index is 13.4. The highest BCUT2D eigenvalue weighted by molar-refractivity contribution is 7.46. The molecule has 0 radical (unpaired) electrons. The van der Waals surface area contributed by atoms with Gasteiger partial charge in [0.05, 0.1) is 12.6 Å². The van der Waals surface area contributed by atoms with E-state index < -0.39 is 92.1 Å². The molecule has 0 bridgehead atoms. The van der Waals surface area contributed by atoms with E-state index in [1.54, 1.807) is 27.7 Å². The van der Waals surface area contributed by atoms with Crippen LogP contribution < -0.4 is 27.0 Å². The van der Waals surface area contributed by atoms with Crippen molar-refractivity contribution >= 4 is 43.3 Å². The lowest BCUT2D eigenvalue weighted by Crippen LogP contribution is -2.61. The minimum absolute atomic E-state index is 0.101. The molecule has 0 aliphatic carbocycles. The van der Waals surface area contributed by atoms with Crippen molar-refractivity contribution in [1.29, 1.82) is 0 Å². The summed E-state index contributed by atoms with van der Waals surface area (Å²) in [4.78, 5) is 96.2. The number of hydrogen-bond donors (Lipinski definition) is 8. The molecule has 1 aliphatic heterocycles. The number of hydrogen-bond acceptors (Lipinski definition) is 9. The third kappa shape index (κ3) is 12.5. The number of likely N-dealkylation sites (tertiary alicyclic amines) is 1. The Morgan fingerprint density at radius 2 is 1.50 bits per heavy atom. The zero-order valence-corrected chi connectivity index (χ0v) is 26.8. The largest absolute Gasteiger partial charge is 0.480 e. The van der Waals surface area contributed by atoms with Gasteiger partial charge in [-0.3, -0.25) is 28.5 Å². The Hall–Kier alpha value is -3.11. The van der Waals surface area contributed by atoms with Crippen LogP contribution in [0, 0.1) is 11.8 Å². The molecule has 9 N–H and O–H groups in total. The van der Waals surface area contributed by atoms with Crippen molar-refractivity contribution in [2.24, 2.45) is 17.6 Å². The molecule has 1 heterocycles. The van der Waals surface area contributed by atoms with Gasteiger partial charge < -0.3 is 46.8 Å². The lowest BCUT2D eigenvalue weighted by atomic mass is 9.97. The van der Waals surface area contributed by atoms with E-state index in [1.807, 2.05) is 0 Å². The Bertz CT molecular complexity index is 1100. The molecule has 17 nitrogen and oxygen atoms in total. The van der Waals surface area contributed by atoms with Crippen molar-refractivity contribution in [3.05, 3.63) is 0 Å². The predicted octanol–water partition coefficient (Wildman–Crippen LogP) is -1.43. The first-order valence-electron chi connectivity index (χ1n) is 14.5. The SMILES string of the molecule is CC[C@H](C)[C@H](NC(=O)[C@H](C)NC(=O)[C@H](C)N)C(=O)N[C@@H](COP(=O)(O)O)C(=O)N[C@@H](CC(C)C)C(=O)N1CCC[C@H]1C(=O)O. The quantitative estimate of drug-likeness (QED) is 0.0842. The number of nitrogens with one attached hydrogen (secondary N) is 4. The minimum atomic E-state index is -5.11. The standard InChI is InChI=1S/C26H47N6O11P/c1-7-14(4)20(31-22(34)16(6)28-21(33)15(5)27)24(36)30-18(12-43-44(40,41)42)23(35)29-17(11-13(2)3)25(37)32-10-8-9-19(32)26(38)39/h13-20H,7-12,27H2,1-6H3,(H,28,33)(H,29,35)(H,30,36)(H,31,34)(H,38,39)(H2,40,41,42)/t14-,15-,16-,17-,18-,19-,20-/m0/s1. The Labute approximate surface area is 256 Å². The zero-order valence-electron chi connectivity index (χ0n) is 25.9. The number of nitrogens with two attached hydrogens (primary N) is 1. The first-order chi connectivity index (χ1) is 20.3. The number of aliphatic carboxylic acids is 1. The topological polar surface area (TPSA) is 267 Å². The summed E-state index contributed by atoms with van der Waals surface area (Å²) in [6.07, 6.45) is 1.19. The number of carbonyl (C=O) groups excluding carboxylic acids is 5. The highest BCUT2D eigenvalue weighted by atomic mass is 31.2. The average molecular weight is 651 g/mol. The number of phosphoric ester groups is 1. The second-order valence-electron chi connectivity index (χ2n) is 11.5. The van der Waals surface area contributed by atoms with Gasteiger partial charge in [-0.05, 0) is 44.9 Å². The Balaban J connectivity index is 3.24. The van der Waals surface area contributed by atoms with Gasteiger partial charge in [0.15, 0.2) is 0 Å². The van der Waals surface area contributed by atoms with Gasteiger partial charge in [0.2, 0.25) is 29.5 Å². The summed E-state index contributed by atoms with van der Waals surface area (Å²) in [6.45, 7) is 8.92. The highest BCUT2D eigenvalue weighted by Crippen LogP contribution is 2.35. The zero-order chi connectivity index (χ0) is 33.9. The van der Waals surface area contributed by atoms with E-state index in [1.165, 1.54) is 13.8 Å². The van der Waals surface area contributed by atoms with Crippen LogP contribution in [0.15, 0.2) is 0 Å². The van der Waals surface area contributed by atoms with Crippen LogP contribution in [0.3, 0.4) is 0 Å². The third-order valence-electron chi connectivity index (χ3n) is 7.14. The molecule has 1 rings (SSSR count). The number of nitrogens with zero attached hydrogens (tertiary/aromatic N) is 1. The van der Waals surface area contributed by atoms with Crippen LogP contribution in [0.2, 0.25) is 0 Å². The fraction of sp³-hybridized carbons (Fsp3) is 0.769. The van der Waals surface area contributed by atoms with E-state index >= 15 is 0 Å². The number of phosphoric acid groups is 1. The van der Waals surface area contributed by atoms with Crippen LogP contribution in [0.5, 0.6) is 0 Å². The first kappa shape index (κ1) is 38.9. The van der Waals surface area contributed by atoms with E-state index in [9.17, 15) is 48.2 Å². The average Bonchev–Trinajstić information content (AvgIpc) is 3.42. The number of rotatable bonds is 17. The Morgan fingerprint density at radius 3 is 2.00 bits per heavy atom. The van der Waals surface area contributed by atoms with Gasteiger partial charge in [0, 0.05) is 6.54 Å². The maximum Gasteiger partial charge on any atom is 0.469 e. The van der Waals surface area contributed by atoms with Crippen LogP contribution >= 0.6 is 7.82 Å². The fourth-order valence-corrected chi connectivity index (χ4v) is 4.80. The second-order valence-corrected chi connectivity index (χ2v) is 12.7. The molecular formula is C26H47N6O11P. The minimum Gasteiger partial charge on any atom is -0.480 e. The summed E-state index contributed by atoms with van der Waals surface area (Å²) in [7, 11) is -5.11. The highest BCUT2D eigenvalue weighted by Gasteiger charge is 2.39. The molecule has 7 atom stereocenters. The number of carbonyl (C=O) groups is 6. The molecule has 0 saturated carbocycles. The molecule has 1 saturated heterocycles. The van der Waals surface area contributed by atoms with Crippen molar-refractivity contribution in [3.63, 3.8) is 0 Å². The molecule has 5 amide bonds. The van der Waals surface area contributed by atoms with Crippen LogP contribution in [-0.4, -0.2) is 105 Å². The molecular weight excluding hydrogens is 603 g/mol. The Morgan fingerprint density at radius 1 is 0.909 bits per heavy atom. The molecule has 0 aromatic rings. The van der Waals surface area contributed by atoms with Gasteiger partial charge >= 0.3 is 13.8 Å². The lowest BCUT2D eigenvalue weighted by Gasteiger charge is -2.30. The van der Waals surface area contributed by atoms with Crippen LogP contribution in [0.4, 0.5) is 0 Å². The van der Waals surface area contributed by atoms with Crippen molar-refractivity contribution in [1.82, 2.24) is 26.2 Å². The van der Waals surface area contributed by atoms with E-state index in [-0.39, 0.29) is 25.3 Å². The first-order valence-corrected chi connectivity index (χ1v) is 16.0. The monoisotopic (exact) mass is 650 g/mol. The molecule has 44 heavy (non-hydrogen) atoms. The smallest absolute Gasteiger partial charge is 0.469 e. The van der Waals surface area contributed by atoms with Crippen molar-refractivity contribution < 1.29 is 52.7 Å². The summed E-state index contributed by atoms with van der Waals surface area (Å²) in [6, 6.07) is -7.22. The van der Waals surface area contributed by atoms with Gasteiger partial charge in [-0.15, -0.1) is 0 Å². The molecule has 0 aromatic carbocycles. The van der Waals surface area contributed by atoms with E-state index in [0.717, 1.165) is 4.90 Å². The van der Waals surface area contributed by atoms with Crippen molar-refractivity contribution in [2.45, 2.75) is 103 Å². The van der Waals surface area contributed by atoms with Crippen LogP contribution in [-0.2, 0) is 37.9 Å². The molecule has 1 fully saturated rings. The van der Waals surface area contributed by atoms with E-state index in [0.29, 0.717) is 12.8 Å². The normalized spacial score (nSPS) is 19.2. The summed E-state index contributed by atoms with van der Waals surface area (Å²) in [5, 5.41) is 19.3. The second kappa shape index (κ2) is 17.4. The summed E-state index contributed by atoms with van der Waals surface area (Å²) in [5.41, 5.74) is 5.52. The molecule has 0 spiro atoms. The van der Waals surface area contributed by atoms with E-state index in [2.05, 4.69) is 25.8 Å². The number of carboxylic acids is 1. The molecule has 18 heteroatoms. The van der Waals surface area contributed by atoms with Gasteiger partial charge in [-0.2, -0.15) is 0 Å². The van der Waals surface area contributed by atoms with Crippen LogP contribution in [0.25, 0.3) is 0 Å². The van der Waals surface area contributed by atoms with Crippen molar-refractivity contribution in [3.8, 4) is 0 Å². The number of amides is 5. The van der Waals surface area contributed by atoms with Crippen molar-refractivity contribution in [2.75, 3.05) is 13.2 Å². The van der Waals surface area contributed by atoms with Gasteiger partial charge in [0.1, 0.15) is 30.2 Å². The predicted molar refractivity (Wildman–Crippen MR) is 156 cm³/mol. The van der Waals surface area contributed by atoms with Gasteiger partial charge in [-0.1, -0.05) is 34.1 Å². The van der Waals surface area contributed by atoms with E-state index in [4.69, 9.17) is 5.73 Å². The molecule has 1 aliphatic rings. The lowest BCUT2D eigenvalue weighted by molar-refractivity contribution is -0.149. The van der Waals surface area contributed by atoms with Gasteiger partial charge in [-0.25, -0.2) is 9.36 Å². The summed E-state index contributed by atoms with van der Waals surface area (Å²) >= 11 is 0. The fourth-order valence-electron chi connectivity index (χ4n) is 4.46. The third-order valence-corrected chi connectivity index (χ3v) is 7.63. The maximum atomic E-state index is 13.4. The van der Waals surface area contributed by atoms with Crippen LogP contribution in [0.1, 0.15) is 67.2 Å². The molecule has 0 aromatic heterocycles. The summed E-state index contributed by atoms with van der Waals surface area (Å²) < 4.78 is 16.0.